The standard InChI is InChI=1S/C16H23N3O2/c1-11(2)9-19(10-15(17)20)16(21)13-5-6-14-12(8-13)4-3-7-18-14/h5-6,8,11,18H,3-4,7,9-10H2,1-2H3,(H2,17,20). The summed E-state index contributed by atoms with van der Waals surface area (Å²) in [6.45, 7) is 5.49. The minimum Gasteiger partial charge on any atom is -0.385 e. The van der Waals surface area contributed by atoms with Crippen LogP contribution in [-0.4, -0.2) is 36.3 Å². The summed E-state index contributed by atoms with van der Waals surface area (Å²) in [5, 5.41) is 3.32. The number of hydrogen-bond acceptors (Lipinski definition) is 3. The molecule has 1 aliphatic heterocycles. The molecule has 0 spiro atoms. The third kappa shape index (κ3) is 3.97. The van der Waals surface area contributed by atoms with Crippen LogP contribution in [0.4, 0.5) is 5.69 Å². The van der Waals surface area contributed by atoms with E-state index in [0.717, 1.165) is 30.6 Å². The molecular formula is C16H23N3O2. The molecule has 1 aliphatic rings. The topological polar surface area (TPSA) is 75.4 Å². The number of hydrogen-bond donors (Lipinski definition) is 2. The van der Waals surface area contributed by atoms with Crippen molar-refractivity contribution in [3.8, 4) is 0 Å². The van der Waals surface area contributed by atoms with E-state index < -0.39 is 5.91 Å². The fourth-order valence-electron chi connectivity index (χ4n) is 2.64. The average molecular weight is 289 g/mol. The van der Waals surface area contributed by atoms with Gasteiger partial charge in [-0.25, -0.2) is 0 Å². The number of nitrogens with zero attached hydrogens (tertiary/aromatic N) is 1. The highest BCUT2D eigenvalue weighted by Gasteiger charge is 2.20. The SMILES string of the molecule is CC(C)CN(CC(N)=O)C(=O)c1ccc2c(c1)CCCN2. The Hall–Kier alpha value is -2.04. The summed E-state index contributed by atoms with van der Waals surface area (Å²) in [6.07, 6.45) is 2.05. The Morgan fingerprint density at radius 2 is 2.14 bits per heavy atom. The van der Waals surface area contributed by atoms with Gasteiger partial charge in [-0.2, -0.15) is 0 Å². The summed E-state index contributed by atoms with van der Waals surface area (Å²) >= 11 is 0. The van der Waals surface area contributed by atoms with Crippen LogP contribution in [0, 0.1) is 5.92 Å². The Kier molecular flexibility index (Phi) is 4.83. The van der Waals surface area contributed by atoms with Crippen molar-refractivity contribution >= 4 is 17.5 Å². The Bertz CT molecular complexity index is 540. The minimum atomic E-state index is -0.483. The number of amides is 2. The van der Waals surface area contributed by atoms with Gasteiger partial charge in [-0.1, -0.05) is 13.8 Å². The van der Waals surface area contributed by atoms with E-state index in [2.05, 4.69) is 5.32 Å². The van der Waals surface area contributed by atoms with Crippen molar-refractivity contribution in [2.24, 2.45) is 11.7 Å². The normalized spacial score (nSPS) is 13.5. The van der Waals surface area contributed by atoms with Gasteiger partial charge in [0.25, 0.3) is 5.91 Å². The predicted molar refractivity (Wildman–Crippen MR) is 83.2 cm³/mol. The lowest BCUT2D eigenvalue weighted by Gasteiger charge is -2.24. The van der Waals surface area contributed by atoms with Gasteiger partial charge in [0.2, 0.25) is 5.91 Å². The first-order chi connectivity index (χ1) is 9.97. The molecule has 1 aromatic carbocycles. The predicted octanol–water partition coefficient (Wildman–Crippen LogP) is 1.63. The van der Waals surface area contributed by atoms with Crippen molar-refractivity contribution in [3.63, 3.8) is 0 Å². The van der Waals surface area contributed by atoms with Gasteiger partial charge in [-0.15, -0.1) is 0 Å². The summed E-state index contributed by atoms with van der Waals surface area (Å²) in [5.74, 6) is -0.327. The zero-order valence-corrected chi connectivity index (χ0v) is 12.7. The smallest absolute Gasteiger partial charge is 0.254 e. The van der Waals surface area contributed by atoms with Gasteiger partial charge in [0.1, 0.15) is 0 Å². The van der Waals surface area contributed by atoms with Crippen LogP contribution in [0.3, 0.4) is 0 Å². The van der Waals surface area contributed by atoms with Crippen molar-refractivity contribution in [3.05, 3.63) is 29.3 Å². The van der Waals surface area contributed by atoms with Crippen molar-refractivity contribution < 1.29 is 9.59 Å². The molecule has 5 heteroatoms. The molecule has 0 aromatic heterocycles. The Balaban J connectivity index is 2.21. The number of fused-ring (bicyclic) bond motifs is 1. The van der Waals surface area contributed by atoms with Crippen molar-refractivity contribution in [2.75, 3.05) is 25.0 Å². The fraction of sp³-hybridized carbons (Fsp3) is 0.500. The molecule has 0 atom stereocenters. The van der Waals surface area contributed by atoms with Crippen LogP contribution in [0.25, 0.3) is 0 Å². The first-order valence-electron chi connectivity index (χ1n) is 7.41. The van der Waals surface area contributed by atoms with Crippen LogP contribution in [-0.2, 0) is 11.2 Å². The number of aryl methyl sites for hydroxylation is 1. The van der Waals surface area contributed by atoms with Gasteiger partial charge in [0.15, 0.2) is 0 Å². The number of primary amides is 1. The first-order valence-corrected chi connectivity index (χ1v) is 7.41. The third-order valence-electron chi connectivity index (χ3n) is 3.51. The van der Waals surface area contributed by atoms with E-state index in [1.54, 1.807) is 0 Å². The highest BCUT2D eigenvalue weighted by Crippen LogP contribution is 2.23. The molecule has 0 unspecified atom stereocenters. The number of carbonyl (C=O) groups is 2. The van der Waals surface area contributed by atoms with E-state index >= 15 is 0 Å². The molecule has 21 heavy (non-hydrogen) atoms. The maximum atomic E-state index is 12.6. The van der Waals surface area contributed by atoms with E-state index in [9.17, 15) is 9.59 Å². The van der Waals surface area contributed by atoms with Crippen LogP contribution in [0.1, 0.15) is 36.2 Å². The number of nitrogens with one attached hydrogen (secondary N) is 1. The summed E-state index contributed by atoms with van der Waals surface area (Å²) in [5.41, 5.74) is 8.14. The second-order valence-corrected chi connectivity index (χ2v) is 5.95. The molecular weight excluding hydrogens is 266 g/mol. The number of benzene rings is 1. The van der Waals surface area contributed by atoms with Crippen LogP contribution in [0.15, 0.2) is 18.2 Å². The molecule has 0 saturated heterocycles. The Morgan fingerprint density at radius 3 is 2.81 bits per heavy atom. The van der Waals surface area contributed by atoms with Crippen molar-refractivity contribution in [1.82, 2.24) is 4.90 Å². The summed E-state index contributed by atoms with van der Waals surface area (Å²) in [4.78, 5) is 25.3. The van der Waals surface area contributed by atoms with E-state index in [4.69, 9.17) is 5.73 Å². The minimum absolute atomic E-state index is 0.0354. The molecule has 1 aromatic rings. The zero-order chi connectivity index (χ0) is 15.4. The first kappa shape index (κ1) is 15.4. The quantitative estimate of drug-likeness (QED) is 0.865. The third-order valence-corrected chi connectivity index (χ3v) is 3.51. The molecule has 3 N–H and O–H groups in total. The van der Waals surface area contributed by atoms with Crippen molar-refractivity contribution in [2.45, 2.75) is 26.7 Å². The number of nitrogens with two attached hydrogens (primary N) is 1. The van der Waals surface area contributed by atoms with Crippen molar-refractivity contribution in [1.29, 1.82) is 0 Å². The lowest BCUT2D eigenvalue weighted by molar-refractivity contribution is -0.118. The Morgan fingerprint density at radius 1 is 1.38 bits per heavy atom. The summed E-state index contributed by atoms with van der Waals surface area (Å²) < 4.78 is 0. The Labute approximate surface area is 125 Å². The molecule has 5 nitrogen and oxygen atoms in total. The lowest BCUT2D eigenvalue weighted by Crippen LogP contribution is -2.40. The molecule has 0 radical (unpaired) electrons. The summed E-state index contributed by atoms with van der Waals surface area (Å²) in [6, 6.07) is 5.69. The second-order valence-electron chi connectivity index (χ2n) is 5.95. The van der Waals surface area contributed by atoms with E-state index in [-0.39, 0.29) is 18.4 Å². The van der Waals surface area contributed by atoms with Crippen LogP contribution in [0.2, 0.25) is 0 Å². The average Bonchev–Trinajstić information content (AvgIpc) is 2.44. The van der Waals surface area contributed by atoms with E-state index in [1.165, 1.54) is 4.90 Å². The monoisotopic (exact) mass is 289 g/mol. The largest absolute Gasteiger partial charge is 0.385 e. The molecule has 1 heterocycles. The molecule has 2 amide bonds. The highest BCUT2D eigenvalue weighted by molar-refractivity contribution is 5.97. The molecule has 0 fully saturated rings. The highest BCUT2D eigenvalue weighted by atomic mass is 16.2. The van der Waals surface area contributed by atoms with Gasteiger partial charge in [-0.05, 0) is 42.5 Å². The zero-order valence-electron chi connectivity index (χ0n) is 12.7. The van der Waals surface area contributed by atoms with Gasteiger partial charge < -0.3 is 16.0 Å². The lowest BCUT2D eigenvalue weighted by atomic mass is 10.00. The van der Waals surface area contributed by atoms with Gasteiger partial charge >= 0.3 is 0 Å². The maximum Gasteiger partial charge on any atom is 0.254 e. The number of anilines is 1. The van der Waals surface area contributed by atoms with Gasteiger partial charge in [0.05, 0.1) is 6.54 Å². The molecule has 0 bridgehead atoms. The van der Waals surface area contributed by atoms with E-state index in [1.807, 2.05) is 32.0 Å². The van der Waals surface area contributed by atoms with Crippen LogP contribution in [0.5, 0.6) is 0 Å². The molecule has 2 rings (SSSR count). The number of rotatable bonds is 5. The second kappa shape index (κ2) is 6.61. The van der Waals surface area contributed by atoms with E-state index in [0.29, 0.717) is 12.1 Å². The van der Waals surface area contributed by atoms with Gasteiger partial charge in [0, 0.05) is 24.3 Å². The van der Waals surface area contributed by atoms with Crippen LogP contribution < -0.4 is 11.1 Å². The molecule has 0 saturated carbocycles. The number of carbonyl (C=O) groups excluding carboxylic acids is 2. The molecule has 0 aliphatic carbocycles. The molecule has 114 valence electrons. The van der Waals surface area contributed by atoms with Crippen LogP contribution >= 0.6 is 0 Å². The van der Waals surface area contributed by atoms with Gasteiger partial charge in [-0.3, -0.25) is 9.59 Å². The summed E-state index contributed by atoms with van der Waals surface area (Å²) in [7, 11) is 0. The maximum absolute atomic E-state index is 12.6. The fourth-order valence-corrected chi connectivity index (χ4v) is 2.64.